The molecule has 3 saturated heterocycles. The molecule has 1 aromatic carbocycles. The molecule has 69 heavy (non-hydrogen) atoms. The molecule has 15 nitrogen and oxygen atoms in total. The van der Waals surface area contributed by atoms with E-state index >= 15 is 0 Å². The topological polar surface area (TPSA) is 169 Å². The molecule has 15 heteroatoms. The van der Waals surface area contributed by atoms with Crippen molar-refractivity contribution in [3.05, 3.63) is 78.2 Å². The number of amides is 2. The van der Waals surface area contributed by atoms with E-state index in [4.69, 9.17) is 37.9 Å². The van der Waals surface area contributed by atoms with Crippen LogP contribution in [-0.2, 0) is 37.9 Å². The van der Waals surface area contributed by atoms with Crippen LogP contribution >= 0.6 is 0 Å². The zero-order valence-electron chi connectivity index (χ0n) is 40.8. The lowest BCUT2D eigenvalue weighted by Crippen LogP contribution is -2.68. The highest BCUT2D eigenvalue weighted by atomic mass is 16.7. The average Bonchev–Trinajstić information content (AvgIpc) is 4.00. The van der Waals surface area contributed by atoms with Crippen molar-refractivity contribution in [2.24, 2.45) is 28.6 Å². The summed E-state index contributed by atoms with van der Waals surface area (Å²) in [6.45, 7) is 18.8. The fourth-order valence-electron chi connectivity index (χ4n) is 12.2. The highest BCUT2D eigenvalue weighted by molar-refractivity contribution is 6.15. The highest BCUT2D eigenvalue weighted by Gasteiger charge is 2.82. The van der Waals surface area contributed by atoms with Crippen LogP contribution in [0.4, 0.5) is 9.59 Å². The Morgan fingerprint density at radius 2 is 1.87 bits per heavy atom. The third-order valence-electron chi connectivity index (χ3n) is 15.3. The Morgan fingerprint density at radius 3 is 2.59 bits per heavy atom. The summed E-state index contributed by atoms with van der Waals surface area (Å²) in [7, 11) is 1.33. The Morgan fingerprint density at radius 1 is 1.09 bits per heavy atom. The Balaban J connectivity index is 1.07. The van der Waals surface area contributed by atoms with Gasteiger partial charge in [-0.05, 0) is 76.8 Å². The monoisotopic (exact) mass is 944 g/mol. The maximum absolute atomic E-state index is 15.0. The number of allylic oxidation sites excluding steroid dienone is 3. The fraction of sp³-hybridized carbons (Fsp3) is 0.556. The number of fused-ring (bicyclic) bond motifs is 3. The van der Waals surface area contributed by atoms with Crippen molar-refractivity contribution in [3.63, 3.8) is 0 Å². The van der Waals surface area contributed by atoms with Gasteiger partial charge in [-0.25, -0.2) is 9.59 Å². The van der Waals surface area contributed by atoms with Crippen molar-refractivity contribution >= 4 is 39.8 Å². The van der Waals surface area contributed by atoms with Crippen molar-refractivity contribution < 1.29 is 52.3 Å². The second-order valence-corrected chi connectivity index (χ2v) is 19.7. The van der Waals surface area contributed by atoms with Crippen LogP contribution < -0.4 is 5.32 Å². The smallest absolute Gasteiger partial charge is 0.410 e. The molecule has 3 aliphatic heterocycles. The summed E-state index contributed by atoms with van der Waals surface area (Å²) in [6, 6.07) is 6.86. The molecule has 6 aliphatic rings. The Bertz CT molecular complexity index is 2680. The first kappa shape index (κ1) is 48.5. The lowest BCUT2D eigenvalue weighted by molar-refractivity contribution is -0.311. The number of benzene rings is 1. The highest BCUT2D eigenvalue weighted by Crippen LogP contribution is 2.76. The molecule has 2 amide bonds. The molecule has 5 heterocycles. The number of methoxy groups -OCH3 is 1. The number of rotatable bonds is 12. The van der Waals surface area contributed by atoms with Crippen LogP contribution in [0.2, 0.25) is 0 Å². The molecule has 10 unspecified atom stereocenters. The van der Waals surface area contributed by atoms with E-state index in [1.807, 2.05) is 45.9 Å². The molecule has 2 saturated carbocycles. The molecule has 0 radical (unpaired) electrons. The average molecular weight is 945 g/mol. The van der Waals surface area contributed by atoms with Crippen LogP contribution in [0.3, 0.4) is 0 Å². The number of nitrogens with one attached hydrogen (secondary N) is 2. The van der Waals surface area contributed by atoms with Crippen molar-refractivity contribution in [2.45, 2.75) is 129 Å². The van der Waals surface area contributed by atoms with Crippen LogP contribution in [0.15, 0.2) is 66.9 Å². The van der Waals surface area contributed by atoms with E-state index in [0.29, 0.717) is 37.3 Å². The number of aromatic amines is 1. The first-order valence-corrected chi connectivity index (χ1v) is 24.3. The number of carbonyl (C=O) groups excluding carboxylic acids is 3. The van der Waals surface area contributed by atoms with E-state index in [2.05, 4.69) is 78.5 Å². The van der Waals surface area contributed by atoms with Crippen LogP contribution in [0.1, 0.15) is 83.3 Å². The number of alkyl carbamates (subject to hydrolysis) is 1. The lowest BCUT2D eigenvalue weighted by Gasteiger charge is -2.62. The van der Waals surface area contributed by atoms with Gasteiger partial charge >= 0.3 is 12.2 Å². The van der Waals surface area contributed by atoms with Crippen molar-refractivity contribution in [2.75, 3.05) is 33.5 Å². The molecule has 2 aromatic heterocycles. The minimum absolute atomic E-state index is 0.0658. The van der Waals surface area contributed by atoms with E-state index < -0.39 is 77.6 Å². The Kier molecular flexibility index (Phi) is 13.6. The first-order valence-electron chi connectivity index (χ1n) is 24.3. The number of hydrogen-bond donors (Lipinski definition) is 2. The normalized spacial score (nSPS) is 34.2. The second-order valence-electron chi connectivity index (χ2n) is 19.7. The van der Waals surface area contributed by atoms with Gasteiger partial charge in [0.1, 0.15) is 30.6 Å². The maximum Gasteiger partial charge on any atom is 0.410 e. The van der Waals surface area contributed by atoms with Crippen LogP contribution in [0.5, 0.6) is 0 Å². The van der Waals surface area contributed by atoms with Gasteiger partial charge in [-0.3, -0.25) is 9.78 Å². The molecule has 366 valence electrons. The molecule has 9 rings (SSSR count). The van der Waals surface area contributed by atoms with Gasteiger partial charge in [0.2, 0.25) is 0 Å². The standard InChI is InChI=1S/C54H64N4O11/c1-10-16-38-44-41(17-14-12-13-15-21-53(44)49(57-50(60)62-9)54(30-52(38,53)8)65-24-25-66-54)69-48-42(68-43-27-33(6)40(29-64-43)58(31(3)4)51(61)63-23-11-2)28-36(34(7)67-48)47(59)46-45-35(20-22-55-46)37-26-32(5)18-19-39(37)56-45/h11-13,16,18-20,22,26,31,33-34,36,40-44,48-49,56H,2,10,23-25,27-30H2,1,3-9H3,(H,57,60)/b13-12-,38-16+/t33?,34?,36?,40?,41-,42?,43?,44?,48?,49?,52+,53?/m0/s1. The van der Waals surface area contributed by atoms with E-state index in [9.17, 15) is 14.4 Å². The van der Waals surface area contributed by atoms with Gasteiger partial charge in [0, 0.05) is 52.7 Å². The van der Waals surface area contributed by atoms with Crippen molar-refractivity contribution in [1.29, 1.82) is 0 Å². The van der Waals surface area contributed by atoms with E-state index in [-0.39, 0.29) is 43.4 Å². The molecule has 2 N–H and O–H groups in total. The number of pyridine rings is 1. The van der Waals surface area contributed by atoms with Gasteiger partial charge in [0.25, 0.3) is 0 Å². The molecular weight excluding hydrogens is 881 g/mol. The zero-order valence-corrected chi connectivity index (χ0v) is 40.8. The number of carbonyl (C=O) groups is 3. The number of ketones is 1. The molecule has 3 aliphatic carbocycles. The first-order chi connectivity index (χ1) is 33.2. The minimum Gasteiger partial charge on any atom is -0.453 e. The summed E-state index contributed by atoms with van der Waals surface area (Å²) < 4.78 is 51.2. The molecular formula is C54H64N4O11. The summed E-state index contributed by atoms with van der Waals surface area (Å²) >= 11 is 0. The van der Waals surface area contributed by atoms with Crippen molar-refractivity contribution in [1.82, 2.24) is 20.2 Å². The summed E-state index contributed by atoms with van der Waals surface area (Å²) in [5, 5.41) is 5.02. The SMILES string of the molecule is C=CCOC(=O)N(C(C)C)C1COC(OC2CC(C(=O)c3nccc4c3[nH]c3ccc(C)cc34)C(C)OC2O[C@H]2C#C/C=C\C#CC34C2/C(=C\CC)[C@@]3(C)CC2(OCCO2)C4NC(=O)OC)CC1C. The van der Waals surface area contributed by atoms with Gasteiger partial charge in [-0.15, -0.1) is 0 Å². The van der Waals surface area contributed by atoms with Gasteiger partial charge < -0.3 is 53.1 Å². The Hall–Kier alpha value is -5.52. The van der Waals surface area contributed by atoms with Gasteiger partial charge in [0.15, 0.2) is 24.2 Å². The number of Topliss-reactive ketones (excluding diaryl/α,β-unsaturated/α-hetero) is 1. The summed E-state index contributed by atoms with van der Waals surface area (Å²) in [6.07, 6.45) is 5.36. The largest absolute Gasteiger partial charge is 0.453 e. The fourth-order valence-corrected chi connectivity index (χ4v) is 12.2. The Labute approximate surface area is 404 Å². The number of aryl methyl sites for hydroxylation is 1. The summed E-state index contributed by atoms with van der Waals surface area (Å²) in [5.41, 5.74) is 2.41. The van der Waals surface area contributed by atoms with Crippen molar-refractivity contribution in [3.8, 4) is 23.7 Å². The second kappa shape index (κ2) is 19.3. The van der Waals surface area contributed by atoms with E-state index in [0.717, 1.165) is 33.8 Å². The summed E-state index contributed by atoms with van der Waals surface area (Å²) in [5.74, 6) is 10.8. The predicted octanol–water partition coefficient (Wildman–Crippen LogP) is 7.92. The van der Waals surface area contributed by atoms with Gasteiger partial charge in [-0.2, -0.15) is 0 Å². The van der Waals surface area contributed by atoms with E-state index in [1.165, 1.54) is 7.11 Å². The molecule has 5 fully saturated rings. The quantitative estimate of drug-likeness (QED) is 0.102. The molecule has 0 bridgehead atoms. The van der Waals surface area contributed by atoms with Crippen LogP contribution in [0, 0.1) is 59.2 Å². The molecule has 2 spiro atoms. The minimum atomic E-state index is -1.19. The predicted molar refractivity (Wildman–Crippen MR) is 256 cm³/mol. The zero-order chi connectivity index (χ0) is 48.8. The van der Waals surface area contributed by atoms with Crippen LogP contribution in [0.25, 0.3) is 21.8 Å². The number of H-pyrrole nitrogens is 1. The molecule has 3 aromatic rings. The maximum atomic E-state index is 15.0. The molecule has 12 atom stereocenters. The number of nitrogens with zero attached hydrogens (tertiary/aromatic N) is 2. The third kappa shape index (κ3) is 8.35. The number of aromatic nitrogens is 2. The summed E-state index contributed by atoms with van der Waals surface area (Å²) in [4.78, 5) is 51.4. The van der Waals surface area contributed by atoms with E-state index in [1.54, 1.807) is 29.3 Å². The third-order valence-corrected chi connectivity index (χ3v) is 15.3. The van der Waals surface area contributed by atoms with Crippen LogP contribution in [-0.4, -0.2) is 121 Å². The van der Waals surface area contributed by atoms with Gasteiger partial charge in [0.05, 0.1) is 55.9 Å². The number of ether oxygens (including phenoxy) is 8. The number of hydrogen-bond acceptors (Lipinski definition) is 12. The van der Waals surface area contributed by atoms with Gasteiger partial charge in [-0.1, -0.05) is 80.4 Å². The lowest BCUT2D eigenvalue weighted by atomic mass is 9.41.